The topological polar surface area (TPSA) is 159 Å². The van der Waals surface area contributed by atoms with Gasteiger partial charge < -0.3 is 20.9 Å². The lowest BCUT2D eigenvalue weighted by molar-refractivity contribution is 0.105. The van der Waals surface area contributed by atoms with Crippen molar-refractivity contribution in [3.8, 4) is 0 Å². The molecule has 0 saturated heterocycles. The summed E-state index contributed by atoms with van der Waals surface area (Å²) in [6, 6.07) is 14.1. The van der Waals surface area contributed by atoms with Crippen molar-refractivity contribution in [2.24, 2.45) is 10.1 Å². The number of allylic oxidation sites excluding steroid dienone is 1. The van der Waals surface area contributed by atoms with Gasteiger partial charge in [0.1, 0.15) is 45.6 Å². The Labute approximate surface area is 209 Å². The summed E-state index contributed by atoms with van der Waals surface area (Å²) in [6.45, 7) is 1.17. The minimum atomic E-state index is -4.76. The standard InChI is InChI=1S/C25H20F2N4O5S/c1-13(32)24(28)31-37(35,36)20-12-15(9-10-17(20)27)23(34)21(22(33)14-5-4-6-16(26)11-14)25-29-18-7-2-3-8-19(18)30-25/h2-13,32-33H,1H3,(H2,28,31)(H,29,30)/b22-21-/t13-/m0/s1. The summed E-state index contributed by atoms with van der Waals surface area (Å²) < 4.78 is 56.9. The maximum atomic E-state index is 14.5. The van der Waals surface area contributed by atoms with Crippen molar-refractivity contribution in [2.75, 3.05) is 0 Å². The van der Waals surface area contributed by atoms with Crippen LogP contribution >= 0.6 is 0 Å². The highest BCUT2D eigenvalue weighted by atomic mass is 32.2. The third kappa shape index (κ3) is 5.25. The molecule has 0 aliphatic carbocycles. The number of carbonyl (C=O) groups excluding carboxylic acids is 1. The molecule has 4 rings (SSSR count). The number of nitrogens with one attached hydrogen (secondary N) is 1. The zero-order chi connectivity index (χ0) is 26.9. The van der Waals surface area contributed by atoms with Crippen molar-refractivity contribution >= 4 is 44.0 Å². The molecular weight excluding hydrogens is 506 g/mol. The van der Waals surface area contributed by atoms with Crippen LogP contribution in [0.2, 0.25) is 0 Å². The monoisotopic (exact) mass is 526 g/mol. The molecule has 1 aromatic heterocycles. The van der Waals surface area contributed by atoms with Gasteiger partial charge in [-0.3, -0.25) is 4.79 Å². The molecular formula is C25H20F2N4O5S. The number of Topliss-reactive ketones (excluding diaryl/α,β-unsaturated/α-hetero) is 1. The first-order valence-corrected chi connectivity index (χ1v) is 12.2. The molecule has 0 bridgehead atoms. The van der Waals surface area contributed by atoms with Crippen LogP contribution < -0.4 is 5.73 Å². The molecule has 37 heavy (non-hydrogen) atoms. The summed E-state index contributed by atoms with van der Waals surface area (Å²) in [5, 5.41) is 20.5. The van der Waals surface area contributed by atoms with E-state index in [1.54, 1.807) is 24.3 Å². The molecule has 0 fully saturated rings. The van der Waals surface area contributed by atoms with E-state index in [1.165, 1.54) is 19.1 Å². The maximum Gasteiger partial charge on any atom is 0.286 e. The van der Waals surface area contributed by atoms with Crippen LogP contribution in [0.15, 0.2) is 76.0 Å². The van der Waals surface area contributed by atoms with Crippen molar-refractivity contribution < 1.29 is 32.2 Å². The highest BCUT2D eigenvalue weighted by Gasteiger charge is 2.27. The van der Waals surface area contributed by atoms with E-state index in [9.17, 15) is 32.2 Å². The molecule has 12 heteroatoms. The number of aliphatic hydroxyl groups excluding tert-OH is 2. The third-order valence-electron chi connectivity index (χ3n) is 5.31. The van der Waals surface area contributed by atoms with Crippen LogP contribution in [0.4, 0.5) is 8.78 Å². The minimum Gasteiger partial charge on any atom is -0.506 e. The number of para-hydroxylation sites is 2. The van der Waals surface area contributed by atoms with Gasteiger partial charge in [0.25, 0.3) is 10.0 Å². The number of aromatic amines is 1. The van der Waals surface area contributed by atoms with E-state index in [0.29, 0.717) is 11.0 Å². The van der Waals surface area contributed by atoms with Gasteiger partial charge in [-0.15, -0.1) is 4.40 Å². The third-order valence-corrected chi connectivity index (χ3v) is 6.63. The van der Waals surface area contributed by atoms with E-state index in [4.69, 9.17) is 5.73 Å². The SMILES string of the molecule is C[C@H](O)/C(N)=N/S(=O)(=O)c1cc(C(=O)/C(=C(/O)c2cccc(F)c2)c2nc3ccccc3[nH]2)ccc1F. The molecule has 0 unspecified atom stereocenters. The molecule has 0 aliphatic rings. The fraction of sp³-hybridized carbons (Fsp3) is 0.0800. The van der Waals surface area contributed by atoms with Gasteiger partial charge in [0, 0.05) is 11.1 Å². The molecule has 9 nitrogen and oxygen atoms in total. The summed E-state index contributed by atoms with van der Waals surface area (Å²) in [6.07, 6.45) is -1.42. The Hall–Kier alpha value is -4.42. The summed E-state index contributed by atoms with van der Waals surface area (Å²) in [5.74, 6) is -4.24. The number of nitrogens with two attached hydrogens (primary N) is 1. The van der Waals surface area contributed by atoms with Crippen LogP contribution in [0.25, 0.3) is 22.4 Å². The summed E-state index contributed by atoms with van der Waals surface area (Å²) in [5.41, 5.74) is 5.59. The van der Waals surface area contributed by atoms with Gasteiger partial charge in [0.15, 0.2) is 0 Å². The van der Waals surface area contributed by atoms with Crippen LogP contribution in [0.5, 0.6) is 0 Å². The lowest BCUT2D eigenvalue weighted by atomic mass is 9.98. The highest BCUT2D eigenvalue weighted by Crippen LogP contribution is 2.30. The van der Waals surface area contributed by atoms with Crippen molar-refractivity contribution in [1.82, 2.24) is 9.97 Å². The zero-order valence-electron chi connectivity index (χ0n) is 19.2. The number of benzene rings is 3. The van der Waals surface area contributed by atoms with Gasteiger partial charge in [-0.05, 0) is 49.4 Å². The molecule has 3 aromatic carbocycles. The van der Waals surface area contributed by atoms with Crippen molar-refractivity contribution in [3.05, 3.63) is 95.3 Å². The summed E-state index contributed by atoms with van der Waals surface area (Å²) in [7, 11) is -4.76. The Balaban J connectivity index is 1.91. The molecule has 1 atom stereocenters. The van der Waals surface area contributed by atoms with E-state index in [0.717, 1.165) is 30.3 Å². The number of aliphatic hydroxyl groups is 2. The molecule has 0 aliphatic heterocycles. The van der Waals surface area contributed by atoms with Crippen molar-refractivity contribution in [2.45, 2.75) is 17.9 Å². The molecule has 190 valence electrons. The van der Waals surface area contributed by atoms with Crippen molar-refractivity contribution in [1.29, 1.82) is 0 Å². The van der Waals surface area contributed by atoms with Crippen LogP contribution in [-0.2, 0) is 10.0 Å². The summed E-state index contributed by atoms with van der Waals surface area (Å²) >= 11 is 0. The molecule has 1 heterocycles. The molecule has 0 radical (unpaired) electrons. The number of amidine groups is 1. The molecule has 4 aromatic rings. The van der Waals surface area contributed by atoms with Gasteiger partial charge in [-0.1, -0.05) is 24.3 Å². The number of rotatable bonds is 7. The van der Waals surface area contributed by atoms with E-state index in [2.05, 4.69) is 14.4 Å². The lowest BCUT2D eigenvalue weighted by Crippen LogP contribution is -2.27. The molecule has 5 N–H and O–H groups in total. The van der Waals surface area contributed by atoms with Gasteiger partial charge in [0.05, 0.1) is 11.0 Å². The van der Waals surface area contributed by atoms with Crippen LogP contribution in [0, 0.1) is 11.6 Å². The van der Waals surface area contributed by atoms with Gasteiger partial charge >= 0.3 is 0 Å². The van der Waals surface area contributed by atoms with Gasteiger partial charge in [-0.25, -0.2) is 13.8 Å². The molecule has 0 saturated carbocycles. The number of sulfonamides is 1. The normalized spacial score (nSPS) is 13.9. The van der Waals surface area contributed by atoms with E-state index in [-0.39, 0.29) is 17.0 Å². The number of imidazole rings is 1. The summed E-state index contributed by atoms with van der Waals surface area (Å²) in [4.78, 5) is 19.9. The number of hydrogen-bond acceptors (Lipinski definition) is 6. The number of halogens is 2. The second kappa shape index (κ2) is 9.91. The average Bonchev–Trinajstić information content (AvgIpc) is 3.27. The smallest absolute Gasteiger partial charge is 0.286 e. The van der Waals surface area contributed by atoms with E-state index < -0.39 is 55.6 Å². The number of fused-ring (bicyclic) bond motifs is 1. The second-order valence-electron chi connectivity index (χ2n) is 7.98. The Bertz CT molecular complexity index is 1660. The second-order valence-corrected chi connectivity index (χ2v) is 9.55. The predicted octanol–water partition coefficient (Wildman–Crippen LogP) is 3.58. The van der Waals surface area contributed by atoms with E-state index in [1.807, 2.05) is 0 Å². The lowest BCUT2D eigenvalue weighted by Gasteiger charge is -2.11. The molecule has 0 spiro atoms. The predicted molar refractivity (Wildman–Crippen MR) is 133 cm³/mol. The number of ketones is 1. The fourth-order valence-corrected chi connectivity index (χ4v) is 4.55. The number of hydrogen-bond donors (Lipinski definition) is 4. The number of nitrogens with zero attached hydrogens (tertiary/aromatic N) is 2. The quantitative estimate of drug-likeness (QED) is 0.0942. The maximum absolute atomic E-state index is 14.5. The Kier molecular flexibility index (Phi) is 6.88. The number of carbonyl (C=O) groups is 1. The first kappa shape index (κ1) is 25.7. The minimum absolute atomic E-state index is 0.0481. The first-order chi connectivity index (χ1) is 17.5. The Morgan fingerprint density at radius 1 is 1.05 bits per heavy atom. The van der Waals surface area contributed by atoms with Crippen LogP contribution in [-0.4, -0.2) is 46.3 Å². The van der Waals surface area contributed by atoms with Crippen molar-refractivity contribution in [3.63, 3.8) is 0 Å². The number of H-pyrrole nitrogens is 1. The Morgan fingerprint density at radius 3 is 2.46 bits per heavy atom. The van der Waals surface area contributed by atoms with E-state index >= 15 is 0 Å². The van der Waals surface area contributed by atoms with Crippen LogP contribution in [0.3, 0.4) is 0 Å². The Morgan fingerprint density at radius 2 is 1.78 bits per heavy atom. The van der Waals surface area contributed by atoms with Crippen LogP contribution in [0.1, 0.15) is 28.7 Å². The number of aromatic nitrogens is 2. The van der Waals surface area contributed by atoms with Gasteiger partial charge in [0.2, 0.25) is 5.78 Å². The van der Waals surface area contributed by atoms with Gasteiger partial charge in [-0.2, -0.15) is 8.42 Å². The zero-order valence-corrected chi connectivity index (χ0v) is 20.0. The first-order valence-electron chi connectivity index (χ1n) is 10.7. The average molecular weight is 527 g/mol. The fourth-order valence-electron chi connectivity index (χ4n) is 3.43. The highest BCUT2D eigenvalue weighted by molar-refractivity contribution is 7.90. The largest absolute Gasteiger partial charge is 0.506 e. The molecule has 0 amide bonds.